The first-order chi connectivity index (χ1) is 12.1. The molecule has 2 aromatic rings. The minimum Gasteiger partial charge on any atom is -0.334 e. The number of rotatable bonds is 3. The van der Waals surface area contributed by atoms with Crippen LogP contribution >= 0.6 is 0 Å². The predicted octanol–water partition coefficient (Wildman–Crippen LogP) is 2.88. The number of benzene rings is 1. The molecule has 0 aliphatic carbocycles. The molecule has 2 fully saturated rings. The maximum absolute atomic E-state index is 13.2. The van der Waals surface area contributed by atoms with Gasteiger partial charge in [0.2, 0.25) is 0 Å². The van der Waals surface area contributed by atoms with E-state index < -0.39 is 0 Å². The zero-order chi connectivity index (χ0) is 17.4. The van der Waals surface area contributed by atoms with Crippen LogP contribution in [0.15, 0.2) is 36.5 Å². The Kier molecular flexibility index (Phi) is 4.34. The molecule has 25 heavy (non-hydrogen) atoms. The average molecular weight is 338 g/mol. The summed E-state index contributed by atoms with van der Waals surface area (Å²) in [5.41, 5.74) is 2.67. The van der Waals surface area contributed by atoms with Crippen molar-refractivity contribution in [2.45, 2.75) is 44.7 Å². The number of likely N-dealkylation sites (N-methyl/N-ethyl adjacent to an activating group) is 1. The summed E-state index contributed by atoms with van der Waals surface area (Å²) < 4.78 is 1.83. The molecule has 5 nitrogen and oxygen atoms in total. The predicted molar refractivity (Wildman–Crippen MR) is 98.0 cm³/mol. The zero-order valence-corrected chi connectivity index (χ0v) is 15.1. The molecule has 0 unspecified atom stereocenters. The topological polar surface area (TPSA) is 41.4 Å². The van der Waals surface area contributed by atoms with Crippen LogP contribution < -0.4 is 0 Å². The van der Waals surface area contributed by atoms with E-state index in [1.807, 2.05) is 48.1 Å². The molecule has 132 valence electrons. The summed E-state index contributed by atoms with van der Waals surface area (Å²) in [7, 11) is 2.19. The molecule has 1 aromatic heterocycles. The SMILES string of the molecule is Cc1ccn(-c2cccc(C(=O)N3CCC[C@@H]3[C@@H]3CCCN3C)c2)n1. The Balaban J connectivity index is 1.58. The van der Waals surface area contributed by atoms with Crippen LogP contribution in [0.25, 0.3) is 5.69 Å². The molecule has 4 rings (SSSR count). The lowest BCUT2D eigenvalue weighted by atomic mass is 10.0. The van der Waals surface area contributed by atoms with Gasteiger partial charge in [-0.2, -0.15) is 5.10 Å². The van der Waals surface area contributed by atoms with Gasteiger partial charge in [-0.3, -0.25) is 4.79 Å². The van der Waals surface area contributed by atoms with Crippen LogP contribution in [0.1, 0.15) is 41.7 Å². The molecule has 1 amide bonds. The van der Waals surface area contributed by atoms with Crippen LogP contribution in [0.2, 0.25) is 0 Å². The van der Waals surface area contributed by atoms with E-state index in [4.69, 9.17) is 0 Å². The summed E-state index contributed by atoms with van der Waals surface area (Å²) in [5, 5.41) is 4.45. The third kappa shape index (κ3) is 3.09. The van der Waals surface area contributed by atoms with Gasteiger partial charge in [0.15, 0.2) is 0 Å². The molecular weight excluding hydrogens is 312 g/mol. The molecule has 0 saturated carbocycles. The molecule has 0 spiro atoms. The van der Waals surface area contributed by atoms with Gasteiger partial charge in [0.1, 0.15) is 0 Å². The van der Waals surface area contributed by atoms with Gasteiger partial charge in [-0.15, -0.1) is 0 Å². The normalized spacial score (nSPS) is 24.2. The van der Waals surface area contributed by atoms with Crippen LogP contribution in [0.5, 0.6) is 0 Å². The van der Waals surface area contributed by atoms with Crippen LogP contribution in [-0.2, 0) is 0 Å². The Labute approximate surface area is 149 Å². The van der Waals surface area contributed by atoms with Crippen molar-refractivity contribution in [3.8, 4) is 5.69 Å². The number of hydrogen-bond donors (Lipinski definition) is 0. The Bertz CT molecular complexity index is 769. The Morgan fingerprint density at radius 3 is 2.64 bits per heavy atom. The first-order valence-corrected chi connectivity index (χ1v) is 9.27. The fourth-order valence-electron chi connectivity index (χ4n) is 4.37. The van der Waals surface area contributed by atoms with E-state index in [0.717, 1.165) is 42.9 Å². The van der Waals surface area contributed by atoms with Gasteiger partial charge in [0, 0.05) is 30.4 Å². The van der Waals surface area contributed by atoms with E-state index in [0.29, 0.717) is 12.1 Å². The molecule has 2 atom stereocenters. The third-order valence-corrected chi connectivity index (χ3v) is 5.66. The standard InChI is InChI=1S/C20H26N4O/c1-15-10-13-24(21-15)17-7-3-6-16(14-17)20(25)23-12-5-9-19(23)18-8-4-11-22(18)2/h3,6-7,10,13-14,18-19H,4-5,8-9,11-12H2,1-2H3/t18-,19+/m0/s1. The maximum Gasteiger partial charge on any atom is 0.254 e. The van der Waals surface area contributed by atoms with Crippen molar-refractivity contribution >= 4 is 5.91 Å². The van der Waals surface area contributed by atoms with Crippen LogP contribution in [0, 0.1) is 6.92 Å². The summed E-state index contributed by atoms with van der Waals surface area (Å²) >= 11 is 0. The lowest BCUT2D eigenvalue weighted by Crippen LogP contribution is -2.47. The molecule has 1 aromatic carbocycles. The molecular formula is C20H26N4O. The third-order valence-electron chi connectivity index (χ3n) is 5.66. The fourth-order valence-corrected chi connectivity index (χ4v) is 4.37. The highest BCUT2D eigenvalue weighted by atomic mass is 16.2. The van der Waals surface area contributed by atoms with Crippen LogP contribution in [0.3, 0.4) is 0 Å². The Hall–Kier alpha value is -2.14. The lowest BCUT2D eigenvalue weighted by molar-refractivity contribution is 0.0664. The quantitative estimate of drug-likeness (QED) is 0.864. The number of likely N-dealkylation sites (tertiary alicyclic amines) is 2. The monoisotopic (exact) mass is 338 g/mol. The van der Waals surface area contributed by atoms with Crippen molar-refractivity contribution in [3.05, 3.63) is 47.8 Å². The Morgan fingerprint density at radius 1 is 1.12 bits per heavy atom. The Morgan fingerprint density at radius 2 is 1.92 bits per heavy atom. The number of aryl methyl sites for hydroxylation is 1. The number of carbonyl (C=O) groups is 1. The van der Waals surface area contributed by atoms with E-state index in [-0.39, 0.29) is 5.91 Å². The van der Waals surface area contributed by atoms with Crippen molar-refractivity contribution in [3.63, 3.8) is 0 Å². The molecule has 0 radical (unpaired) electrons. The van der Waals surface area contributed by atoms with Crippen molar-refractivity contribution < 1.29 is 4.79 Å². The minimum absolute atomic E-state index is 0.161. The highest BCUT2D eigenvalue weighted by Gasteiger charge is 2.38. The second kappa shape index (κ2) is 6.64. The number of amides is 1. The molecule has 0 bridgehead atoms. The highest BCUT2D eigenvalue weighted by Crippen LogP contribution is 2.30. The summed E-state index contributed by atoms with van der Waals surface area (Å²) in [5.74, 6) is 0.161. The van der Waals surface area contributed by atoms with Gasteiger partial charge in [0.05, 0.1) is 11.4 Å². The van der Waals surface area contributed by atoms with E-state index in [9.17, 15) is 4.79 Å². The molecule has 2 aliphatic heterocycles. The first kappa shape index (κ1) is 16.3. The van der Waals surface area contributed by atoms with Gasteiger partial charge in [-0.05, 0) is 70.5 Å². The van der Waals surface area contributed by atoms with Crippen LogP contribution in [-0.4, -0.2) is 57.7 Å². The molecule has 2 saturated heterocycles. The summed E-state index contributed by atoms with van der Waals surface area (Å²) in [6.07, 6.45) is 6.62. The summed E-state index contributed by atoms with van der Waals surface area (Å²) in [6, 6.07) is 10.7. The second-order valence-electron chi connectivity index (χ2n) is 7.35. The zero-order valence-electron chi connectivity index (χ0n) is 15.1. The van der Waals surface area contributed by atoms with Crippen molar-refractivity contribution in [1.29, 1.82) is 0 Å². The van der Waals surface area contributed by atoms with Gasteiger partial charge >= 0.3 is 0 Å². The molecule has 2 aliphatic rings. The summed E-state index contributed by atoms with van der Waals surface area (Å²) in [6.45, 7) is 3.99. The van der Waals surface area contributed by atoms with E-state index >= 15 is 0 Å². The first-order valence-electron chi connectivity index (χ1n) is 9.27. The summed E-state index contributed by atoms with van der Waals surface area (Å²) in [4.78, 5) is 17.7. The van der Waals surface area contributed by atoms with Gasteiger partial charge in [-0.1, -0.05) is 6.07 Å². The highest BCUT2D eigenvalue weighted by molar-refractivity contribution is 5.95. The number of hydrogen-bond acceptors (Lipinski definition) is 3. The lowest BCUT2D eigenvalue weighted by Gasteiger charge is -2.33. The molecule has 5 heteroatoms. The van der Waals surface area contributed by atoms with Gasteiger partial charge in [-0.25, -0.2) is 4.68 Å². The van der Waals surface area contributed by atoms with Crippen molar-refractivity contribution in [2.75, 3.05) is 20.1 Å². The fraction of sp³-hybridized carbons (Fsp3) is 0.500. The number of carbonyl (C=O) groups excluding carboxylic acids is 1. The van der Waals surface area contributed by atoms with E-state index in [1.54, 1.807) is 0 Å². The number of nitrogens with zero attached hydrogens (tertiary/aromatic N) is 4. The average Bonchev–Trinajstić information content (AvgIpc) is 3.34. The van der Waals surface area contributed by atoms with Gasteiger partial charge < -0.3 is 9.80 Å². The van der Waals surface area contributed by atoms with Crippen molar-refractivity contribution in [1.82, 2.24) is 19.6 Å². The minimum atomic E-state index is 0.161. The maximum atomic E-state index is 13.2. The molecule has 0 N–H and O–H groups in total. The van der Waals surface area contributed by atoms with Crippen LogP contribution in [0.4, 0.5) is 0 Å². The molecule has 3 heterocycles. The smallest absolute Gasteiger partial charge is 0.254 e. The number of aromatic nitrogens is 2. The van der Waals surface area contributed by atoms with Gasteiger partial charge in [0.25, 0.3) is 5.91 Å². The van der Waals surface area contributed by atoms with E-state index in [1.165, 1.54) is 12.8 Å². The second-order valence-corrected chi connectivity index (χ2v) is 7.35. The largest absolute Gasteiger partial charge is 0.334 e. The van der Waals surface area contributed by atoms with Crippen molar-refractivity contribution in [2.24, 2.45) is 0 Å². The van der Waals surface area contributed by atoms with E-state index in [2.05, 4.69) is 21.9 Å².